The molecule has 1 saturated heterocycles. The predicted molar refractivity (Wildman–Crippen MR) is 99.8 cm³/mol. The topological polar surface area (TPSA) is 49.9 Å². The van der Waals surface area contributed by atoms with E-state index in [1.54, 1.807) is 48.3 Å². The zero-order valence-electron chi connectivity index (χ0n) is 15.1. The van der Waals surface area contributed by atoms with Crippen molar-refractivity contribution in [1.82, 2.24) is 9.80 Å². The van der Waals surface area contributed by atoms with E-state index in [0.717, 1.165) is 5.56 Å². The molecule has 2 aromatic carbocycles. The van der Waals surface area contributed by atoms with Gasteiger partial charge in [0.25, 0.3) is 0 Å². The van der Waals surface area contributed by atoms with Crippen molar-refractivity contribution >= 4 is 23.4 Å². The summed E-state index contributed by atoms with van der Waals surface area (Å²) in [5.41, 5.74) is 1.54. The van der Waals surface area contributed by atoms with E-state index < -0.39 is 11.9 Å². The summed E-state index contributed by atoms with van der Waals surface area (Å²) >= 11 is 5.87. The maximum Gasteiger partial charge on any atom is 0.247 e. The Bertz CT molecular complexity index is 857. The van der Waals surface area contributed by atoms with Gasteiger partial charge in [0.05, 0.1) is 26.1 Å². The van der Waals surface area contributed by atoms with Crippen molar-refractivity contribution < 1.29 is 18.7 Å². The molecule has 5 nitrogen and oxygen atoms in total. The fourth-order valence-electron chi connectivity index (χ4n) is 3.15. The molecule has 27 heavy (non-hydrogen) atoms. The summed E-state index contributed by atoms with van der Waals surface area (Å²) in [5.74, 6) is -0.747. The number of benzene rings is 2. The minimum Gasteiger partial charge on any atom is -0.494 e. The molecule has 7 heteroatoms. The van der Waals surface area contributed by atoms with Crippen LogP contribution >= 0.6 is 11.6 Å². The maximum atomic E-state index is 13.9. The van der Waals surface area contributed by atoms with Gasteiger partial charge in [-0.05, 0) is 42.4 Å². The summed E-state index contributed by atoms with van der Waals surface area (Å²) in [6.07, 6.45) is 0.113. The second-order valence-electron chi connectivity index (χ2n) is 6.55. The number of likely N-dealkylation sites (tertiary alicyclic amines) is 1. The minimum absolute atomic E-state index is 0.113. The van der Waals surface area contributed by atoms with Gasteiger partial charge >= 0.3 is 0 Å². The second kappa shape index (κ2) is 8.06. The third kappa shape index (κ3) is 4.28. The number of carbonyl (C=O) groups is 2. The number of rotatable bonds is 6. The number of amides is 2. The first-order valence-corrected chi connectivity index (χ1v) is 8.88. The van der Waals surface area contributed by atoms with E-state index in [-0.39, 0.29) is 30.5 Å². The lowest BCUT2D eigenvalue weighted by Crippen LogP contribution is -2.39. The number of halogens is 2. The normalized spacial score (nSPS) is 17.1. The Labute approximate surface area is 162 Å². The van der Waals surface area contributed by atoms with Gasteiger partial charge in [0.1, 0.15) is 0 Å². The highest BCUT2D eigenvalue weighted by molar-refractivity contribution is 6.30. The number of nitrogens with zero attached hydrogens (tertiary/aromatic N) is 2. The van der Waals surface area contributed by atoms with Crippen LogP contribution in [0.25, 0.3) is 0 Å². The standard InChI is InChI=1S/C20H20ClFN2O3/c1-23(11-14-5-8-18(27-2)16(22)9-14)17-10-19(25)24(20(17)26)12-13-3-6-15(21)7-4-13/h3-9,17H,10-12H2,1-2H3/t17-/m1/s1. The van der Waals surface area contributed by atoms with Crippen molar-refractivity contribution in [2.24, 2.45) is 0 Å². The molecule has 2 aromatic rings. The first-order valence-electron chi connectivity index (χ1n) is 8.50. The van der Waals surface area contributed by atoms with Crippen LogP contribution in [0.15, 0.2) is 42.5 Å². The van der Waals surface area contributed by atoms with Crippen LogP contribution in [0.1, 0.15) is 17.5 Å². The van der Waals surface area contributed by atoms with Gasteiger partial charge in [-0.25, -0.2) is 4.39 Å². The lowest BCUT2D eigenvalue weighted by atomic mass is 10.1. The Kier molecular flexibility index (Phi) is 5.77. The first-order chi connectivity index (χ1) is 12.9. The van der Waals surface area contributed by atoms with Crippen LogP contribution in [0.5, 0.6) is 5.75 Å². The number of ether oxygens (including phenoxy) is 1. The number of likely N-dealkylation sites (N-methyl/N-ethyl adjacent to an activating group) is 1. The van der Waals surface area contributed by atoms with Crippen molar-refractivity contribution in [2.75, 3.05) is 14.2 Å². The maximum absolute atomic E-state index is 13.9. The lowest BCUT2D eigenvalue weighted by molar-refractivity contribution is -0.140. The van der Waals surface area contributed by atoms with Gasteiger partial charge in [-0.2, -0.15) is 0 Å². The third-order valence-electron chi connectivity index (χ3n) is 4.65. The predicted octanol–water partition coefficient (Wildman–Crippen LogP) is 3.25. The second-order valence-corrected chi connectivity index (χ2v) is 6.98. The number of imide groups is 1. The minimum atomic E-state index is -0.560. The van der Waals surface area contributed by atoms with Crippen molar-refractivity contribution in [1.29, 1.82) is 0 Å². The largest absolute Gasteiger partial charge is 0.494 e. The fourth-order valence-corrected chi connectivity index (χ4v) is 3.28. The molecule has 3 rings (SSSR count). The molecule has 0 unspecified atom stereocenters. The van der Waals surface area contributed by atoms with Crippen molar-refractivity contribution in [3.05, 3.63) is 64.4 Å². The van der Waals surface area contributed by atoms with E-state index in [2.05, 4.69) is 0 Å². The Morgan fingerprint density at radius 1 is 1.19 bits per heavy atom. The number of hydrogen-bond acceptors (Lipinski definition) is 4. The highest BCUT2D eigenvalue weighted by Crippen LogP contribution is 2.24. The number of methoxy groups -OCH3 is 1. The Morgan fingerprint density at radius 3 is 2.48 bits per heavy atom. The molecule has 1 fully saturated rings. The Morgan fingerprint density at radius 2 is 1.85 bits per heavy atom. The molecule has 1 heterocycles. The molecule has 0 spiro atoms. The van der Waals surface area contributed by atoms with Crippen molar-refractivity contribution in [3.8, 4) is 5.75 Å². The third-order valence-corrected chi connectivity index (χ3v) is 4.91. The van der Waals surface area contributed by atoms with Crippen LogP contribution in [-0.2, 0) is 22.7 Å². The van der Waals surface area contributed by atoms with Gasteiger partial charge < -0.3 is 4.74 Å². The van der Waals surface area contributed by atoms with E-state index in [9.17, 15) is 14.0 Å². The van der Waals surface area contributed by atoms with Crippen LogP contribution in [0, 0.1) is 5.82 Å². The summed E-state index contributed by atoms with van der Waals surface area (Å²) < 4.78 is 18.8. The quantitative estimate of drug-likeness (QED) is 0.710. The summed E-state index contributed by atoms with van der Waals surface area (Å²) in [7, 11) is 3.16. The monoisotopic (exact) mass is 390 g/mol. The lowest BCUT2D eigenvalue weighted by Gasteiger charge is -2.23. The Hall–Kier alpha value is -2.44. The van der Waals surface area contributed by atoms with Crippen LogP contribution < -0.4 is 4.74 Å². The van der Waals surface area contributed by atoms with Gasteiger partial charge in [0.2, 0.25) is 11.8 Å². The van der Waals surface area contributed by atoms with E-state index in [1.807, 2.05) is 0 Å². The molecular formula is C20H20ClFN2O3. The molecular weight excluding hydrogens is 371 g/mol. The zero-order chi connectivity index (χ0) is 19.6. The van der Waals surface area contributed by atoms with Gasteiger partial charge in [-0.3, -0.25) is 19.4 Å². The summed E-state index contributed by atoms with van der Waals surface area (Å²) in [6.45, 7) is 0.565. The Balaban J connectivity index is 1.68. The SMILES string of the molecule is COc1ccc(CN(C)[C@@H]2CC(=O)N(Cc3ccc(Cl)cc3)C2=O)cc1F. The molecule has 1 aliphatic heterocycles. The molecule has 1 aliphatic rings. The first kappa shape index (κ1) is 19.3. The van der Waals surface area contributed by atoms with E-state index in [1.165, 1.54) is 18.1 Å². The molecule has 0 saturated carbocycles. The molecule has 2 amide bonds. The van der Waals surface area contributed by atoms with E-state index in [4.69, 9.17) is 16.3 Å². The van der Waals surface area contributed by atoms with Crippen LogP contribution in [0.4, 0.5) is 4.39 Å². The highest BCUT2D eigenvalue weighted by Gasteiger charge is 2.40. The molecule has 1 atom stereocenters. The van der Waals surface area contributed by atoms with E-state index in [0.29, 0.717) is 17.1 Å². The molecule has 0 N–H and O–H groups in total. The van der Waals surface area contributed by atoms with Gasteiger partial charge in [0.15, 0.2) is 11.6 Å². The summed E-state index contributed by atoms with van der Waals surface area (Å²) in [6, 6.07) is 11.1. The molecule has 0 radical (unpaired) electrons. The highest BCUT2D eigenvalue weighted by atomic mass is 35.5. The molecule has 0 aliphatic carbocycles. The van der Waals surface area contributed by atoms with Gasteiger partial charge in [-0.15, -0.1) is 0 Å². The fraction of sp³-hybridized carbons (Fsp3) is 0.300. The zero-order valence-corrected chi connectivity index (χ0v) is 15.9. The van der Waals surface area contributed by atoms with E-state index >= 15 is 0 Å². The molecule has 142 valence electrons. The van der Waals surface area contributed by atoms with Crippen LogP contribution in [-0.4, -0.2) is 41.8 Å². The van der Waals surface area contributed by atoms with Crippen LogP contribution in [0.2, 0.25) is 5.02 Å². The average Bonchev–Trinajstić information content (AvgIpc) is 2.92. The van der Waals surface area contributed by atoms with Gasteiger partial charge in [-0.1, -0.05) is 29.8 Å². The summed E-state index contributed by atoms with van der Waals surface area (Å²) in [4.78, 5) is 28.1. The summed E-state index contributed by atoms with van der Waals surface area (Å²) in [5, 5.41) is 0.599. The van der Waals surface area contributed by atoms with Crippen molar-refractivity contribution in [2.45, 2.75) is 25.6 Å². The number of carbonyl (C=O) groups excluding carboxylic acids is 2. The average molecular weight is 391 g/mol. The molecule has 0 bridgehead atoms. The smallest absolute Gasteiger partial charge is 0.247 e. The van der Waals surface area contributed by atoms with Crippen molar-refractivity contribution in [3.63, 3.8) is 0 Å². The molecule has 0 aromatic heterocycles. The van der Waals surface area contributed by atoms with Crippen LogP contribution in [0.3, 0.4) is 0 Å². The number of hydrogen-bond donors (Lipinski definition) is 0. The van der Waals surface area contributed by atoms with Gasteiger partial charge in [0, 0.05) is 11.6 Å².